The van der Waals surface area contributed by atoms with Crippen LogP contribution >= 0.6 is 0 Å². The molecule has 2 rings (SSSR count). The van der Waals surface area contributed by atoms with Crippen LogP contribution in [0.5, 0.6) is 5.88 Å². The maximum atomic E-state index is 9.57. The predicted molar refractivity (Wildman–Crippen MR) is 64.7 cm³/mol. The topological polar surface area (TPSA) is 96.4 Å². The molecular formula is C12H14N2O3. The first-order valence-corrected chi connectivity index (χ1v) is 5.04. The highest BCUT2D eigenvalue weighted by molar-refractivity contribution is 5.78. The minimum atomic E-state index is -0.963. The summed E-state index contributed by atoms with van der Waals surface area (Å²) in [5.74, 6) is -0.890. The summed E-state index contributed by atoms with van der Waals surface area (Å²) in [6, 6.07) is 10.4. The Kier molecular flexibility index (Phi) is 4.42. The van der Waals surface area contributed by atoms with Gasteiger partial charge in [-0.15, -0.1) is 0 Å². The summed E-state index contributed by atoms with van der Waals surface area (Å²) in [6.07, 6.45) is 0. The molecule has 0 aliphatic rings. The van der Waals surface area contributed by atoms with Crippen molar-refractivity contribution in [1.82, 2.24) is 4.98 Å². The van der Waals surface area contributed by atoms with Crippen LogP contribution in [0.25, 0.3) is 10.9 Å². The summed E-state index contributed by atoms with van der Waals surface area (Å²) in [4.78, 5) is 13.5. The van der Waals surface area contributed by atoms with Crippen LogP contribution in [0.15, 0.2) is 36.4 Å². The summed E-state index contributed by atoms with van der Waals surface area (Å²) in [7, 11) is 0. The molecule has 0 spiro atoms. The van der Waals surface area contributed by atoms with Gasteiger partial charge in [0.1, 0.15) is 6.04 Å². The number of pyridine rings is 1. The summed E-state index contributed by atoms with van der Waals surface area (Å²) in [6.45, 7) is 1.42. The van der Waals surface area contributed by atoms with Gasteiger partial charge in [-0.2, -0.15) is 0 Å². The summed E-state index contributed by atoms with van der Waals surface area (Å²) in [5, 5.41) is 17.9. The van der Waals surface area contributed by atoms with Crippen molar-refractivity contribution in [2.24, 2.45) is 5.73 Å². The average Bonchev–Trinajstić information content (AvgIpc) is 2.29. The molecule has 0 fully saturated rings. The second-order valence-electron chi connectivity index (χ2n) is 3.49. The Morgan fingerprint density at radius 2 is 1.88 bits per heavy atom. The third-order valence-corrected chi connectivity index (χ3v) is 1.97. The molecule has 0 aliphatic carbocycles. The Bertz CT molecular complexity index is 512. The molecule has 0 saturated carbocycles. The number of aromatic nitrogens is 1. The van der Waals surface area contributed by atoms with E-state index in [1.165, 1.54) is 6.92 Å². The van der Waals surface area contributed by atoms with Crippen LogP contribution in [-0.2, 0) is 4.79 Å². The molecule has 1 aromatic carbocycles. The van der Waals surface area contributed by atoms with Crippen LogP contribution in [-0.4, -0.2) is 27.2 Å². The molecule has 4 N–H and O–H groups in total. The van der Waals surface area contributed by atoms with Gasteiger partial charge in [0.05, 0.1) is 5.52 Å². The number of nitrogens with two attached hydrogens (primary N) is 1. The highest BCUT2D eigenvalue weighted by Crippen LogP contribution is 2.14. The number of nitrogens with zero attached hydrogens (tertiary/aromatic N) is 1. The number of hydrogen-bond acceptors (Lipinski definition) is 4. The molecule has 5 heteroatoms. The molecule has 1 heterocycles. The molecule has 90 valence electrons. The fourth-order valence-electron chi connectivity index (χ4n) is 1.06. The third kappa shape index (κ3) is 4.08. The first-order valence-electron chi connectivity index (χ1n) is 5.04. The lowest BCUT2D eigenvalue weighted by atomic mass is 10.2. The van der Waals surface area contributed by atoms with E-state index in [1.807, 2.05) is 30.3 Å². The zero-order valence-corrected chi connectivity index (χ0v) is 9.37. The number of carbonyl (C=O) groups is 1. The van der Waals surface area contributed by atoms with Gasteiger partial charge in [0.2, 0.25) is 5.88 Å². The van der Waals surface area contributed by atoms with Crippen molar-refractivity contribution in [3.05, 3.63) is 36.4 Å². The summed E-state index contributed by atoms with van der Waals surface area (Å²) < 4.78 is 0. The number of aromatic hydroxyl groups is 1. The molecule has 0 radical (unpaired) electrons. The van der Waals surface area contributed by atoms with E-state index < -0.39 is 12.0 Å². The lowest BCUT2D eigenvalue weighted by molar-refractivity contribution is -0.138. The van der Waals surface area contributed by atoms with Gasteiger partial charge in [-0.3, -0.25) is 4.79 Å². The van der Waals surface area contributed by atoms with Crippen LogP contribution < -0.4 is 5.73 Å². The maximum Gasteiger partial charge on any atom is 0.320 e. The molecule has 0 amide bonds. The molecule has 0 aliphatic heterocycles. The normalized spacial score (nSPS) is 11.4. The molecule has 1 atom stereocenters. The van der Waals surface area contributed by atoms with E-state index in [4.69, 9.17) is 15.9 Å². The van der Waals surface area contributed by atoms with Crippen LogP contribution in [0.1, 0.15) is 6.92 Å². The Hall–Kier alpha value is -2.14. The highest BCUT2D eigenvalue weighted by Gasteiger charge is 1.99. The van der Waals surface area contributed by atoms with Gasteiger partial charge >= 0.3 is 5.97 Å². The zero-order chi connectivity index (χ0) is 12.8. The number of rotatable bonds is 1. The van der Waals surface area contributed by atoms with Gasteiger partial charge in [0, 0.05) is 11.5 Å². The van der Waals surface area contributed by atoms with Crippen molar-refractivity contribution in [1.29, 1.82) is 0 Å². The van der Waals surface area contributed by atoms with Gasteiger partial charge in [0.15, 0.2) is 0 Å². The van der Waals surface area contributed by atoms with Gasteiger partial charge in [-0.25, -0.2) is 4.98 Å². The number of fused-ring (bicyclic) bond motifs is 1. The average molecular weight is 234 g/mol. The van der Waals surface area contributed by atoms with Crippen molar-refractivity contribution in [3.8, 4) is 5.88 Å². The minimum Gasteiger partial charge on any atom is -0.493 e. The molecule has 0 saturated heterocycles. The number of aliphatic carboxylic acids is 1. The number of hydrogen-bond donors (Lipinski definition) is 3. The Labute approximate surface area is 98.5 Å². The van der Waals surface area contributed by atoms with Crippen molar-refractivity contribution >= 4 is 16.9 Å². The van der Waals surface area contributed by atoms with Crippen molar-refractivity contribution < 1.29 is 15.0 Å². The van der Waals surface area contributed by atoms with Crippen LogP contribution in [0, 0.1) is 0 Å². The molecule has 1 aromatic heterocycles. The standard InChI is InChI=1S/C9H7NO.C3H7NO2/c11-9-6-5-7-3-1-2-4-8(7)10-9;1-2(4)3(5)6/h1-6H,(H,10,11);2H,4H2,1H3,(H,5,6). The zero-order valence-electron chi connectivity index (χ0n) is 9.37. The van der Waals surface area contributed by atoms with Gasteiger partial charge in [-0.1, -0.05) is 18.2 Å². The summed E-state index contributed by atoms with van der Waals surface area (Å²) >= 11 is 0. The Morgan fingerprint density at radius 3 is 2.47 bits per heavy atom. The number of benzene rings is 1. The van der Waals surface area contributed by atoms with E-state index in [0.717, 1.165) is 10.9 Å². The SMILES string of the molecule is CC(N)C(=O)O.Oc1ccc2ccccc2n1. The van der Waals surface area contributed by atoms with Crippen LogP contribution in [0.4, 0.5) is 0 Å². The monoisotopic (exact) mass is 234 g/mol. The van der Waals surface area contributed by atoms with E-state index in [0.29, 0.717) is 0 Å². The third-order valence-electron chi connectivity index (χ3n) is 1.97. The molecule has 1 unspecified atom stereocenters. The van der Waals surface area contributed by atoms with E-state index in [2.05, 4.69) is 4.98 Å². The number of para-hydroxylation sites is 1. The maximum absolute atomic E-state index is 9.57. The van der Waals surface area contributed by atoms with E-state index in [9.17, 15) is 4.79 Å². The molecule has 5 nitrogen and oxygen atoms in total. The number of carboxylic acid groups (broad SMARTS) is 1. The van der Waals surface area contributed by atoms with Crippen molar-refractivity contribution in [2.45, 2.75) is 13.0 Å². The minimum absolute atomic E-state index is 0.0729. The second kappa shape index (κ2) is 5.81. The van der Waals surface area contributed by atoms with Gasteiger partial charge < -0.3 is 15.9 Å². The molecule has 17 heavy (non-hydrogen) atoms. The van der Waals surface area contributed by atoms with Crippen LogP contribution in [0.3, 0.4) is 0 Å². The second-order valence-corrected chi connectivity index (χ2v) is 3.49. The van der Waals surface area contributed by atoms with Gasteiger partial charge in [0.25, 0.3) is 0 Å². The first-order chi connectivity index (χ1) is 8.00. The Morgan fingerprint density at radius 1 is 1.29 bits per heavy atom. The van der Waals surface area contributed by atoms with Crippen molar-refractivity contribution in [2.75, 3.05) is 0 Å². The largest absolute Gasteiger partial charge is 0.493 e. The quantitative estimate of drug-likeness (QED) is 0.692. The fraction of sp³-hybridized carbons (Fsp3) is 0.167. The Balaban J connectivity index is 0.000000209. The highest BCUT2D eigenvalue weighted by atomic mass is 16.4. The van der Waals surface area contributed by atoms with Crippen LogP contribution in [0.2, 0.25) is 0 Å². The first kappa shape index (κ1) is 12.9. The fourth-order valence-corrected chi connectivity index (χ4v) is 1.06. The lowest BCUT2D eigenvalue weighted by Gasteiger charge is -1.95. The lowest BCUT2D eigenvalue weighted by Crippen LogP contribution is -2.25. The molecule has 2 aromatic rings. The van der Waals surface area contributed by atoms with E-state index >= 15 is 0 Å². The smallest absolute Gasteiger partial charge is 0.320 e. The molecule has 0 bridgehead atoms. The van der Waals surface area contributed by atoms with E-state index in [-0.39, 0.29) is 5.88 Å². The predicted octanol–water partition coefficient (Wildman–Crippen LogP) is 1.36. The summed E-state index contributed by atoms with van der Waals surface area (Å²) in [5.41, 5.74) is 5.66. The number of carboxylic acids is 1. The van der Waals surface area contributed by atoms with Gasteiger partial charge in [-0.05, 0) is 19.1 Å². The van der Waals surface area contributed by atoms with E-state index in [1.54, 1.807) is 6.07 Å². The molecular weight excluding hydrogens is 220 g/mol. The van der Waals surface area contributed by atoms with Crippen molar-refractivity contribution in [3.63, 3.8) is 0 Å².